The maximum Gasteiger partial charge on any atom is 0.280 e. The van der Waals surface area contributed by atoms with E-state index in [1.165, 1.54) is 4.31 Å². The Labute approximate surface area is 115 Å². The first-order valence-electron chi connectivity index (χ1n) is 6.52. The number of nitrogens with zero attached hydrogens (tertiary/aromatic N) is 1. The molecule has 1 aromatic carbocycles. The van der Waals surface area contributed by atoms with Crippen molar-refractivity contribution in [3.05, 3.63) is 35.9 Å². The number of benzene rings is 1. The van der Waals surface area contributed by atoms with E-state index in [0.717, 1.165) is 18.4 Å². The fourth-order valence-electron chi connectivity index (χ4n) is 2.30. The summed E-state index contributed by atoms with van der Waals surface area (Å²) in [5, 5.41) is 0. The van der Waals surface area contributed by atoms with Gasteiger partial charge in [-0.15, -0.1) is 0 Å². The Morgan fingerprint density at radius 1 is 1.26 bits per heavy atom. The number of hydrogen-bond acceptors (Lipinski definition) is 3. The maximum absolute atomic E-state index is 12.3. The van der Waals surface area contributed by atoms with Crippen LogP contribution in [0.5, 0.6) is 0 Å². The highest BCUT2D eigenvalue weighted by molar-refractivity contribution is 7.87. The largest absolute Gasteiger partial charge is 0.328 e. The SMILES string of the molecule is CC(CN)(NS(=O)(=O)N1CCCC1)c1ccccc1. The smallest absolute Gasteiger partial charge is 0.280 e. The molecule has 0 amide bonds. The second-order valence-corrected chi connectivity index (χ2v) is 6.79. The van der Waals surface area contributed by atoms with Crippen LogP contribution in [-0.4, -0.2) is 32.4 Å². The molecule has 0 spiro atoms. The average molecular weight is 283 g/mol. The molecule has 2 rings (SSSR count). The van der Waals surface area contributed by atoms with Gasteiger partial charge in [-0.05, 0) is 25.3 Å². The summed E-state index contributed by atoms with van der Waals surface area (Å²) in [6.45, 7) is 3.20. The summed E-state index contributed by atoms with van der Waals surface area (Å²) in [5.74, 6) is 0. The summed E-state index contributed by atoms with van der Waals surface area (Å²) in [6.07, 6.45) is 1.84. The van der Waals surface area contributed by atoms with Crippen LogP contribution in [0.15, 0.2) is 30.3 Å². The van der Waals surface area contributed by atoms with Crippen molar-refractivity contribution in [1.29, 1.82) is 0 Å². The minimum absolute atomic E-state index is 0.212. The van der Waals surface area contributed by atoms with Crippen molar-refractivity contribution < 1.29 is 8.42 Å². The fraction of sp³-hybridized carbons (Fsp3) is 0.538. The minimum atomic E-state index is -3.47. The Morgan fingerprint density at radius 2 is 1.84 bits per heavy atom. The summed E-state index contributed by atoms with van der Waals surface area (Å²) in [5.41, 5.74) is 5.90. The standard InChI is InChI=1S/C13H21N3O2S/c1-13(11-14,12-7-3-2-4-8-12)15-19(17,18)16-9-5-6-10-16/h2-4,7-8,15H,5-6,9-11,14H2,1H3. The topological polar surface area (TPSA) is 75.4 Å². The van der Waals surface area contributed by atoms with Crippen LogP contribution in [0.4, 0.5) is 0 Å². The lowest BCUT2D eigenvalue weighted by Gasteiger charge is -2.31. The van der Waals surface area contributed by atoms with Gasteiger partial charge in [0.2, 0.25) is 0 Å². The second kappa shape index (κ2) is 5.58. The minimum Gasteiger partial charge on any atom is -0.328 e. The number of hydrogen-bond donors (Lipinski definition) is 2. The lowest BCUT2D eigenvalue weighted by Crippen LogP contribution is -2.53. The van der Waals surface area contributed by atoms with E-state index < -0.39 is 15.7 Å². The van der Waals surface area contributed by atoms with Crippen LogP contribution in [0.2, 0.25) is 0 Å². The summed E-state index contributed by atoms with van der Waals surface area (Å²) >= 11 is 0. The summed E-state index contributed by atoms with van der Waals surface area (Å²) < 4.78 is 28.9. The molecule has 5 nitrogen and oxygen atoms in total. The third kappa shape index (κ3) is 3.14. The van der Waals surface area contributed by atoms with Gasteiger partial charge < -0.3 is 5.73 Å². The van der Waals surface area contributed by atoms with Gasteiger partial charge in [0.1, 0.15) is 0 Å². The lowest BCUT2D eigenvalue weighted by molar-refractivity contribution is 0.401. The molecule has 1 aliphatic heterocycles. The summed E-state index contributed by atoms with van der Waals surface area (Å²) in [7, 11) is -3.47. The molecule has 6 heteroatoms. The molecule has 0 aromatic heterocycles. The molecule has 1 aromatic rings. The van der Waals surface area contributed by atoms with Crippen molar-refractivity contribution >= 4 is 10.2 Å². The molecule has 3 N–H and O–H groups in total. The van der Waals surface area contributed by atoms with Gasteiger partial charge in [0.25, 0.3) is 10.2 Å². The van der Waals surface area contributed by atoms with Gasteiger partial charge in [0.15, 0.2) is 0 Å². The van der Waals surface area contributed by atoms with Gasteiger partial charge >= 0.3 is 0 Å². The number of nitrogens with two attached hydrogens (primary N) is 1. The first kappa shape index (κ1) is 14.5. The van der Waals surface area contributed by atoms with Crippen molar-refractivity contribution in [2.75, 3.05) is 19.6 Å². The molecule has 0 saturated carbocycles. The van der Waals surface area contributed by atoms with Gasteiger partial charge in [0.05, 0.1) is 5.54 Å². The lowest BCUT2D eigenvalue weighted by atomic mass is 9.94. The van der Waals surface area contributed by atoms with E-state index in [9.17, 15) is 8.42 Å². The molecular formula is C13H21N3O2S. The van der Waals surface area contributed by atoms with Gasteiger partial charge in [-0.25, -0.2) is 0 Å². The van der Waals surface area contributed by atoms with Crippen molar-refractivity contribution in [3.63, 3.8) is 0 Å². The first-order valence-corrected chi connectivity index (χ1v) is 7.97. The van der Waals surface area contributed by atoms with E-state index in [1.54, 1.807) is 0 Å². The first-order chi connectivity index (χ1) is 8.98. The highest BCUT2D eigenvalue weighted by Crippen LogP contribution is 2.22. The summed E-state index contributed by atoms with van der Waals surface area (Å²) in [6, 6.07) is 9.44. The van der Waals surface area contributed by atoms with E-state index in [0.29, 0.717) is 13.1 Å². The van der Waals surface area contributed by atoms with Gasteiger partial charge in [-0.3, -0.25) is 0 Å². The third-order valence-electron chi connectivity index (χ3n) is 3.58. The molecule has 19 heavy (non-hydrogen) atoms. The van der Waals surface area contributed by atoms with Crippen LogP contribution >= 0.6 is 0 Å². The molecule has 1 heterocycles. The molecule has 1 saturated heterocycles. The van der Waals surface area contributed by atoms with Crippen LogP contribution in [0, 0.1) is 0 Å². The molecule has 1 fully saturated rings. The Hall–Kier alpha value is -0.950. The molecule has 1 unspecified atom stereocenters. The van der Waals surface area contributed by atoms with Crippen molar-refractivity contribution in [2.45, 2.75) is 25.3 Å². The monoisotopic (exact) mass is 283 g/mol. The molecule has 0 radical (unpaired) electrons. The van der Waals surface area contributed by atoms with Gasteiger partial charge in [-0.2, -0.15) is 17.4 Å². The zero-order chi connectivity index (χ0) is 13.9. The van der Waals surface area contributed by atoms with Crippen molar-refractivity contribution in [2.24, 2.45) is 5.73 Å². The van der Waals surface area contributed by atoms with Crippen LogP contribution in [0.3, 0.4) is 0 Å². The third-order valence-corrected chi connectivity index (χ3v) is 5.33. The zero-order valence-electron chi connectivity index (χ0n) is 11.2. The van der Waals surface area contributed by atoms with E-state index >= 15 is 0 Å². The van der Waals surface area contributed by atoms with Crippen LogP contribution < -0.4 is 10.5 Å². The number of rotatable bonds is 5. The predicted molar refractivity (Wildman–Crippen MR) is 75.7 cm³/mol. The van der Waals surface area contributed by atoms with Crippen LogP contribution in [-0.2, 0) is 15.7 Å². The van der Waals surface area contributed by atoms with E-state index in [1.807, 2.05) is 37.3 Å². The van der Waals surface area contributed by atoms with Crippen LogP contribution in [0.1, 0.15) is 25.3 Å². The Morgan fingerprint density at radius 3 is 2.37 bits per heavy atom. The zero-order valence-corrected chi connectivity index (χ0v) is 12.0. The highest BCUT2D eigenvalue weighted by atomic mass is 32.2. The van der Waals surface area contributed by atoms with E-state index in [4.69, 9.17) is 5.73 Å². The second-order valence-electron chi connectivity index (χ2n) is 5.12. The summed E-state index contributed by atoms with van der Waals surface area (Å²) in [4.78, 5) is 0. The Bertz CT molecular complexity index is 512. The molecular weight excluding hydrogens is 262 g/mol. The fourth-order valence-corrected chi connectivity index (χ4v) is 3.94. The molecule has 0 aliphatic carbocycles. The Kier molecular flexibility index (Phi) is 4.25. The normalized spacial score (nSPS) is 20.3. The quantitative estimate of drug-likeness (QED) is 0.839. The predicted octanol–water partition coefficient (Wildman–Crippen LogP) is 0.791. The highest BCUT2D eigenvalue weighted by Gasteiger charge is 2.34. The van der Waals surface area contributed by atoms with Crippen molar-refractivity contribution in [1.82, 2.24) is 9.03 Å². The molecule has 1 aliphatic rings. The Balaban J connectivity index is 2.23. The van der Waals surface area contributed by atoms with Gasteiger partial charge in [-0.1, -0.05) is 30.3 Å². The van der Waals surface area contributed by atoms with E-state index in [2.05, 4.69) is 4.72 Å². The van der Waals surface area contributed by atoms with Crippen LogP contribution in [0.25, 0.3) is 0 Å². The van der Waals surface area contributed by atoms with Gasteiger partial charge in [0, 0.05) is 19.6 Å². The molecule has 106 valence electrons. The van der Waals surface area contributed by atoms with Crippen molar-refractivity contribution in [3.8, 4) is 0 Å². The number of nitrogens with one attached hydrogen (secondary N) is 1. The van der Waals surface area contributed by atoms with E-state index in [-0.39, 0.29) is 6.54 Å². The maximum atomic E-state index is 12.3. The molecule has 0 bridgehead atoms. The average Bonchev–Trinajstić information content (AvgIpc) is 2.94. The molecule has 1 atom stereocenters.